The van der Waals surface area contributed by atoms with Gasteiger partial charge < -0.3 is 5.32 Å². The lowest BCUT2D eigenvalue weighted by Crippen LogP contribution is -2.45. The zero-order chi connectivity index (χ0) is 11.7. The lowest BCUT2D eigenvalue weighted by Gasteiger charge is -2.33. The van der Waals surface area contributed by atoms with Crippen LogP contribution in [-0.4, -0.2) is 36.4 Å². The summed E-state index contributed by atoms with van der Waals surface area (Å²) < 4.78 is 0. The van der Waals surface area contributed by atoms with Gasteiger partial charge in [-0.15, -0.1) is 0 Å². The number of Topliss-reactive ketones (excluding diaryl/α,β-unsaturated/α-hetero) is 1. The van der Waals surface area contributed by atoms with Crippen molar-refractivity contribution in [3.05, 3.63) is 35.9 Å². The Morgan fingerprint density at radius 1 is 1.29 bits per heavy atom. The second-order valence-electron chi connectivity index (χ2n) is 5.07. The van der Waals surface area contributed by atoms with Gasteiger partial charge in [-0.2, -0.15) is 0 Å². The molecule has 0 aromatic heterocycles. The summed E-state index contributed by atoms with van der Waals surface area (Å²) in [6.07, 6.45) is 1.10. The number of nitrogens with zero attached hydrogens (tertiary/aromatic N) is 1. The molecule has 1 aromatic carbocycles. The lowest BCUT2D eigenvalue weighted by atomic mass is 9.92. The monoisotopic (exact) mass is 230 g/mol. The molecule has 17 heavy (non-hydrogen) atoms. The fourth-order valence-corrected chi connectivity index (χ4v) is 2.94. The molecule has 2 fully saturated rings. The third kappa shape index (κ3) is 2.26. The van der Waals surface area contributed by atoms with E-state index in [0.29, 0.717) is 18.4 Å². The van der Waals surface area contributed by atoms with Crippen molar-refractivity contribution >= 4 is 5.78 Å². The van der Waals surface area contributed by atoms with Crippen molar-refractivity contribution in [2.45, 2.75) is 19.0 Å². The molecule has 0 spiro atoms. The highest BCUT2D eigenvalue weighted by molar-refractivity contribution is 5.86. The minimum absolute atomic E-state index is 0.229. The Morgan fingerprint density at radius 2 is 2.12 bits per heavy atom. The molecule has 0 bridgehead atoms. The number of hydrogen-bond donors (Lipinski definition) is 1. The summed E-state index contributed by atoms with van der Waals surface area (Å²) in [6, 6.07) is 10.9. The molecule has 0 radical (unpaired) electrons. The Bertz CT molecular complexity index is 404. The number of rotatable bonds is 2. The first kappa shape index (κ1) is 10.9. The van der Waals surface area contributed by atoms with E-state index in [4.69, 9.17) is 0 Å². The normalized spacial score (nSPS) is 29.3. The second-order valence-corrected chi connectivity index (χ2v) is 5.07. The van der Waals surface area contributed by atoms with Crippen molar-refractivity contribution in [1.82, 2.24) is 10.2 Å². The Morgan fingerprint density at radius 3 is 2.94 bits per heavy atom. The molecule has 3 rings (SSSR count). The zero-order valence-corrected chi connectivity index (χ0v) is 9.93. The van der Waals surface area contributed by atoms with Crippen LogP contribution in [0.5, 0.6) is 0 Å². The van der Waals surface area contributed by atoms with Crippen LogP contribution in [0.25, 0.3) is 0 Å². The molecular weight excluding hydrogens is 212 g/mol. The summed E-state index contributed by atoms with van der Waals surface area (Å²) in [5.74, 6) is 0.625. The van der Waals surface area contributed by atoms with Gasteiger partial charge in [-0.05, 0) is 12.0 Å². The van der Waals surface area contributed by atoms with Crippen LogP contribution in [0, 0.1) is 5.92 Å². The summed E-state index contributed by atoms with van der Waals surface area (Å²) >= 11 is 0. The molecule has 2 unspecified atom stereocenters. The number of hydrogen-bond acceptors (Lipinski definition) is 3. The first-order chi connectivity index (χ1) is 8.33. The molecule has 0 aliphatic carbocycles. The van der Waals surface area contributed by atoms with Crippen LogP contribution in [0.1, 0.15) is 12.0 Å². The Labute approximate surface area is 102 Å². The summed E-state index contributed by atoms with van der Waals surface area (Å²) in [6.45, 7) is 3.56. The average Bonchev–Trinajstić information content (AvgIpc) is 2.73. The first-order valence-corrected chi connectivity index (χ1v) is 6.35. The van der Waals surface area contributed by atoms with E-state index >= 15 is 0 Å². The number of piperidine rings is 1. The first-order valence-electron chi connectivity index (χ1n) is 6.35. The molecule has 90 valence electrons. The number of benzene rings is 1. The number of carbonyl (C=O) groups excluding carboxylic acids is 1. The molecule has 2 aliphatic rings. The highest BCUT2D eigenvalue weighted by Crippen LogP contribution is 2.23. The minimum atomic E-state index is 0.229. The van der Waals surface area contributed by atoms with E-state index in [-0.39, 0.29) is 5.92 Å². The average molecular weight is 230 g/mol. The highest BCUT2D eigenvalue weighted by atomic mass is 16.1. The van der Waals surface area contributed by atoms with E-state index in [9.17, 15) is 4.79 Å². The second kappa shape index (κ2) is 4.59. The third-order valence-electron chi connectivity index (χ3n) is 3.90. The van der Waals surface area contributed by atoms with Gasteiger partial charge in [0, 0.05) is 31.6 Å². The fourth-order valence-electron chi connectivity index (χ4n) is 2.94. The van der Waals surface area contributed by atoms with Crippen LogP contribution in [0.4, 0.5) is 0 Å². The molecule has 2 aliphatic heterocycles. The van der Waals surface area contributed by atoms with E-state index in [2.05, 4.69) is 34.5 Å². The number of likely N-dealkylation sites (tertiary alicyclic amines) is 1. The lowest BCUT2D eigenvalue weighted by molar-refractivity contribution is -0.121. The maximum Gasteiger partial charge on any atom is 0.152 e. The van der Waals surface area contributed by atoms with Crippen LogP contribution >= 0.6 is 0 Å². The zero-order valence-electron chi connectivity index (χ0n) is 9.93. The van der Waals surface area contributed by atoms with E-state index in [1.807, 2.05) is 6.07 Å². The van der Waals surface area contributed by atoms with Gasteiger partial charge >= 0.3 is 0 Å². The van der Waals surface area contributed by atoms with Crippen molar-refractivity contribution in [3.8, 4) is 0 Å². The van der Waals surface area contributed by atoms with Gasteiger partial charge in [-0.25, -0.2) is 0 Å². The predicted octanol–water partition coefficient (Wildman–Crippen LogP) is 1.05. The molecule has 2 heterocycles. The van der Waals surface area contributed by atoms with Crippen molar-refractivity contribution in [1.29, 1.82) is 0 Å². The Kier molecular flexibility index (Phi) is 2.95. The molecule has 2 saturated heterocycles. The quantitative estimate of drug-likeness (QED) is 0.824. The number of carbonyl (C=O) groups is 1. The molecule has 1 N–H and O–H groups in total. The topological polar surface area (TPSA) is 32.3 Å². The maximum atomic E-state index is 11.7. The van der Waals surface area contributed by atoms with Gasteiger partial charge in [0.1, 0.15) is 0 Å². The molecule has 3 nitrogen and oxygen atoms in total. The van der Waals surface area contributed by atoms with E-state index in [1.165, 1.54) is 5.56 Å². The summed E-state index contributed by atoms with van der Waals surface area (Å²) in [5.41, 5.74) is 1.34. The van der Waals surface area contributed by atoms with E-state index in [0.717, 1.165) is 26.1 Å². The molecular formula is C14H18N2O. The molecule has 3 heteroatoms. The van der Waals surface area contributed by atoms with Gasteiger partial charge in [0.15, 0.2) is 5.78 Å². The van der Waals surface area contributed by atoms with Gasteiger partial charge in [0.25, 0.3) is 0 Å². The smallest absolute Gasteiger partial charge is 0.152 e. The van der Waals surface area contributed by atoms with E-state index < -0.39 is 0 Å². The number of ketones is 1. The van der Waals surface area contributed by atoms with Crippen molar-refractivity contribution in [2.24, 2.45) is 5.92 Å². The van der Waals surface area contributed by atoms with E-state index in [1.54, 1.807) is 0 Å². The third-order valence-corrected chi connectivity index (χ3v) is 3.90. The predicted molar refractivity (Wildman–Crippen MR) is 66.6 cm³/mol. The van der Waals surface area contributed by atoms with Crippen LogP contribution in [0.2, 0.25) is 0 Å². The number of nitrogens with one attached hydrogen (secondary N) is 1. The molecule has 0 saturated carbocycles. The molecule has 0 amide bonds. The van der Waals surface area contributed by atoms with Gasteiger partial charge in [-0.1, -0.05) is 30.3 Å². The van der Waals surface area contributed by atoms with Gasteiger partial charge in [0.05, 0.1) is 6.54 Å². The summed E-state index contributed by atoms with van der Waals surface area (Å²) in [5, 5.41) is 3.32. The van der Waals surface area contributed by atoms with Crippen molar-refractivity contribution in [3.63, 3.8) is 0 Å². The maximum absolute atomic E-state index is 11.7. The standard InChI is InChI=1S/C14H18N2O/c17-14-8-15-13-6-7-16(10-12(13)14)9-11-4-2-1-3-5-11/h1-5,12-13,15H,6-10H2. The number of fused-ring (bicyclic) bond motifs is 1. The van der Waals surface area contributed by atoms with Crippen LogP contribution in [-0.2, 0) is 11.3 Å². The van der Waals surface area contributed by atoms with Gasteiger partial charge in [-0.3, -0.25) is 9.69 Å². The molecule has 2 atom stereocenters. The Hall–Kier alpha value is -1.19. The molecule has 1 aromatic rings. The van der Waals surface area contributed by atoms with Crippen molar-refractivity contribution in [2.75, 3.05) is 19.6 Å². The SMILES string of the molecule is O=C1CNC2CCN(Cc3ccccc3)CC12. The summed E-state index contributed by atoms with van der Waals surface area (Å²) in [7, 11) is 0. The highest BCUT2D eigenvalue weighted by Gasteiger charge is 2.38. The largest absolute Gasteiger partial charge is 0.306 e. The van der Waals surface area contributed by atoms with Crippen LogP contribution in [0.15, 0.2) is 30.3 Å². The summed E-state index contributed by atoms with van der Waals surface area (Å²) in [4.78, 5) is 14.1. The van der Waals surface area contributed by atoms with Crippen LogP contribution < -0.4 is 5.32 Å². The fraction of sp³-hybridized carbons (Fsp3) is 0.500. The van der Waals surface area contributed by atoms with Crippen LogP contribution in [0.3, 0.4) is 0 Å². The van der Waals surface area contributed by atoms with Crippen molar-refractivity contribution < 1.29 is 4.79 Å². The van der Waals surface area contributed by atoms with Gasteiger partial charge in [0.2, 0.25) is 0 Å². The minimum Gasteiger partial charge on any atom is -0.306 e. The Balaban J connectivity index is 1.64.